The second-order valence-electron chi connectivity index (χ2n) is 5.51. The molecule has 0 bridgehead atoms. The summed E-state index contributed by atoms with van der Waals surface area (Å²) in [4.78, 5) is 48.9. The number of amides is 2. The van der Waals surface area contributed by atoms with Crippen LogP contribution in [-0.4, -0.2) is 41.1 Å². The van der Waals surface area contributed by atoms with Gasteiger partial charge in [-0.25, -0.2) is 4.79 Å². The smallest absolute Gasteiger partial charge is 0.379 e. The molecule has 1 aliphatic heterocycles. The lowest BCUT2D eigenvalue weighted by Crippen LogP contribution is -2.34. The maximum atomic E-state index is 12.4. The fraction of sp³-hybridized carbons (Fsp3) is 0.158. The Bertz CT molecular complexity index is 949. The van der Waals surface area contributed by atoms with Gasteiger partial charge in [-0.3, -0.25) is 19.3 Å². The van der Waals surface area contributed by atoms with Crippen LogP contribution in [-0.2, 0) is 14.3 Å². The molecule has 0 N–H and O–H groups in total. The van der Waals surface area contributed by atoms with E-state index in [2.05, 4.69) is 0 Å². The number of thioether (sulfide) groups is 1. The van der Waals surface area contributed by atoms with E-state index in [1.54, 1.807) is 37.3 Å². The predicted molar refractivity (Wildman–Crippen MR) is 99.4 cm³/mol. The molecule has 3 rings (SSSR count). The van der Waals surface area contributed by atoms with Gasteiger partial charge in [-0.1, -0.05) is 12.1 Å². The van der Waals surface area contributed by atoms with Crippen LogP contribution >= 0.6 is 11.8 Å². The number of carbonyl (C=O) groups is 4. The highest BCUT2D eigenvalue weighted by Gasteiger charge is 2.36. The average molecular weight is 401 g/mol. The molecule has 2 amide bonds. The molecule has 1 aliphatic rings. The van der Waals surface area contributed by atoms with Crippen LogP contribution in [0.2, 0.25) is 0 Å². The van der Waals surface area contributed by atoms with Crippen molar-refractivity contribution in [1.82, 2.24) is 4.90 Å². The van der Waals surface area contributed by atoms with E-state index in [4.69, 9.17) is 13.9 Å². The van der Waals surface area contributed by atoms with E-state index in [0.717, 1.165) is 16.7 Å². The minimum absolute atomic E-state index is 0.0606. The van der Waals surface area contributed by atoms with Crippen LogP contribution < -0.4 is 4.74 Å². The zero-order valence-electron chi connectivity index (χ0n) is 14.7. The molecule has 1 saturated heterocycles. The Labute approximate surface area is 164 Å². The van der Waals surface area contributed by atoms with Crippen molar-refractivity contribution in [3.05, 3.63) is 58.9 Å². The molecule has 9 heteroatoms. The molecule has 1 aromatic carbocycles. The summed E-state index contributed by atoms with van der Waals surface area (Å²) in [5.41, 5.74) is 0.548. The highest BCUT2D eigenvalue weighted by molar-refractivity contribution is 8.18. The molecule has 0 unspecified atom stereocenters. The zero-order valence-corrected chi connectivity index (χ0v) is 15.6. The van der Waals surface area contributed by atoms with Gasteiger partial charge in [-0.05, 0) is 54.6 Å². The van der Waals surface area contributed by atoms with E-state index in [1.807, 2.05) is 0 Å². The summed E-state index contributed by atoms with van der Waals surface area (Å²) in [6, 6.07) is 9.49. The molecular weight excluding hydrogens is 386 g/mol. The van der Waals surface area contributed by atoms with Gasteiger partial charge in [0.2, 0.25) is 5.76 Å². The molecule has 0 spiro atoms. The number of hydrogen-bond donors (Lipinski definition) is 0. The lowest BCUT2D eigenvalue weighted by molar-refractivity contribution is -0.145. The molecule has 2 heterocycles. The molecule has 8 nitrogen and oxygen atoms in total. The van der Waals surface area contributed by atoms with E-state index in [9.17, 15) is 19.2 Å². The van der Waals surface area contributed by atoms with Crippen LogP contribution in [0.4, 0.5) is 4.79 Å². The van der Waals surface area contributed by atoms with Gasteiger partial charge in [-0.15, -0.1) is 0 Å². The highest BCUT2D eigenvalue weighted by atomic mass is 32.2. The normalized spacial score (nSPS) is 15.2. The lowest BCUT2D eigenvalue weighted by atomic mass is 10.2. The summed E-state index contributed by atoms with van der Waals surface area (Å²) < 4.78 is 15.0. The first-order valence-electron chi connectivity index (χ1n) is 8.24. The fourth-order valence-corrected chi connectivity index (χ4v) is 3.18. The van der Waals surface area contributed by atoms with Gasteiger partial charge >= 0.3 is 11.9 Å². The fourth-order valence-electron chi connectivity index (χ4n) is 2.34. The maximum absolute atomic E-state index is 12.4. The van der Waals surface area contributed by atoms with Crippen LogP contribution in [0.3, 0.4) is 0 Å². The number of ether oxygens (including phenoxy) is 2. The number of carbonyl (C=O) groups excluding carboxylic acids is 4. The minimum atomic E-state index is -0.656. The van der Waals surface area contributed by atoms with Crippen molar-refractivity contribution in [3.8, 4) is 5.75 Å². The second-order valence-corrected chi connectivity index (χ2v) is 6.51. The Morgan fingerprint density at radius 1 is 1.21 bits per heavy atom. The Morgan fingerprint density at radius 3 is 2.75 bits per heavy atom. The summed E-state index contributed by atoms with van der Waals surface area (Å²) in [5, 5.41) is -0.551. The van der Waals surface area contributed by atoms with Gasteiger partial charge in [0.25, 0.3) is 11.1 Å². The van der Waals surface area contributed by atoms with Gasteiger partial charge in [0.1, 0.15) is 12.3 Å². The van der Waals surface area contributed by atoms with Gasteiger partial charge in [0.15, 0.2) is 0 Å². The first kappa shape index (κ1) is 19.4. The second kappa shape index (κ2) is 8.57. The number of furan rings is 1. The Hall–Kier alpha value is -3.33. The minimum Gasteiger partial charge on any atom is -0.465 e. The Balaban J connectivity index is 1.73. The van der Waals surface area contributed by atoms with Crippen molar-refractivity contribution in [2.45, 2.75) is 6.92 Å². The summed E-state index contributed by atoms with van der Waals surface area (Å²) in [6.07, 6.45) is 2.85. The number of benzene rings is 1. The SMILES string of the molecule is CCOC(=O)CN1C(=O)S/C(=C\c2cccc(OC(=O)c3ccco3)c2)C1=O. The molecule has 28 heavy (non-hydrogen) atoms. The highest BCUT2D eigenvalue weighted by Crippen LogP contribution is 2.32. The maximum Gasteiger partial charge on any atom is 0.379 e. The molecule has 1 aromatic heterocycles. The van der Waals surface area contributed by atoms with Gasteiger partial charge in [0.05, 0.1) is 17.8 Å². The average Bonchev–Trinajstić information content (AvgIpc) is 3.28. The zero-order chi connectivity index (χ0) is 20.1. The van der Waals surface area contributed by atoms with Crippen LogP contribution in [0.1, 0.15) is 23.0 Å². The number of nitrogens with zero attached hydrogens (tertiary/aromatic N) is 1. The van der Waals surface area contributed by atoms with Crippen LogP contribution in [0.25, 0.3) is 6.08 Å². The van der Waals surface area contributed by atoms with E-state index in [0.29, 0.717) is 5.56 Å². The van der Waals surface area contributed by atoms with Crippen molar-refractivity contribution < 1.29 is 33.1 Å². The van der Waals surface area contributed by atoms with Crippen molar-refractivity contribution in [2.24, 2.45) is 0 Å². The topological polar surface area (TPSA) is 103 Å². The van der Waals surface area contributed by atoms with Crippen molar-refractivity contribution >= 4 is 40.9 Å². The van der Waals surface area contributed by atoms with Crippen LogP contribution in [0.15, 0.2) is 52.0 Å². The van der Waals surface area contributed by atoms with Crippen molar-refractivity contribution in [1.29, 1.82) is 0 Å². The summed E-state index contributed by atoms with van der Waals surface area (Å²) in [5.74, 6) is -1.58. The molecule has 0 aliphatic carbocycles. The number of imide groups is 1. The van der Waals surface area contributed by atoms with E-state index >= 15 is 0 Å². The quantitative estimate of drug-likeness (QED) is 0.413. The summed E-state index contributed by atoms with van der Waals surface area (Å²) in [7, 11) is 0. The van der Waals surface area contributed by atoms with Crippen molar-refractivity contribution in [3.63, 3.8) is 0 Å². The van der Waals surface area contributed by atoms with Crippen molar-refractivity contribution in [2.75, 3.05) is 13.2 Å². The van der Waals surface area contributed by atoms with Crippen LogP contribution in [0.5, 0.6) is 5.75 Å². The monoisotopic (exact) mass is 401 g/mol. The van der Waals surface area contributed by atoms with E-state index < -0.39 is 29.6 Å². The molecule has 0 atom stereocenters. The third-order valence-corrected chi connectivity index (χ3v) is 4.46. The van der Waals surface area contributed by atoms with Gasteiger partial charge in [0, 0.05) is 0 Å². The van der Waals surface area contributed by atoms with E-state index in [1.165, 1.54) is 18.4 Å². The first-order chi connectivity index (χ1) is 13.5. The first-order valence-corrected chi connectivity index (χ1v) is 9.06. The molecule has 2 aromatic rings. The number of esters is 2. The number of rotatable bonds is 6. The largest absolute Gasteiger partial charge is 0.465 e. The third-order valence-electron chi connectivity index (χ3n) is 3.55. The summed E-state index contributed by atoms with van der Waals surface area (Å²) in [6.45, 7) is 1.36. The lowest BCUT2D eigenvalue weighted by Gasteiger charge is -2.10. The van der Waals surface area contributed by atoms with Gasteiger partial charge in [-0.2, -0.15) is 0 Å². The van der Waals surface area contributed by atoms with Gasteiger partial charge < -0.3 is 13.9 Å². The summed E-state index contributed by atoms with van der Waals surface area (Å²) >= 11 is 0.722. The molecule has 1 fully saturated rings. The standard InChI is InChI=1S/C19H15NO7S/c1-2-25-16(21)11-20-17(22)15(28-19(20)24)10-12-5-3-6-13(9-12)27-18(23)14-7-4-8-26-14/h3-10H,2,11H2,1H3/b15-10-. The third kappa shape index (κ3) is 4.49. The molecular formula is C19H15NO7S. The Morgan fingerprint density at radius 2 is 2.04 bits per heavy atom. The molecule has 0 saturated carbocycles. The van der Waals surface area contributed by atoms with E-state index in [-0.39, 0.29) is 23.0 Å². The Kier molecular flexibility index (Phi) is 5.95. The molecule has 0 radical (unpaired) electrons. The molecule has 144 valence electrons. The predicted octanol–water partition coefficient (Wildman–Crippen LogP) is 3.10. The van der Waals surface area contributed by atoms with Crippen LogP contribution in [0, 0.1) is 0 Å². The number of hydrogen-bond acceptors (Lipinski definition) is 8.